The molecule has 0 aromatic heterocycles. The van der Waals surface area contributed by atoms with Crippen molar-refractivity contribution in [1.82, 2.24) is 9.80 Å². The van der Waals surface area contributed by atoms with E-state index in [0.717, 1.165) is 38.2 Å². The van der Waals surface area contributed by atoms with Crippen LogP contribution in [0.3, 0.4) is 0 Å². The number of nitrogens with two attached hydrogens (primary N) is 1. The van der Waals surface area contributed by atoms with Gasteiger partial charge in [0.1, 0.15) is 5.75 Å². The smallest absolute Gasteiger partial charge is 0.118 e. The minimum Gasteiger partial charge on any atom is -0.497 e. The maximum Gasteiger partial charge on any atom is 0.118 e. The van der Waals surface area contributed by atoms with Gasteiger partial charge in [-0.25, -0.2) is 0 Å². The highest BCUT2D eigenvalue weighted by Crippen LogP contribution is 2.12. The average Bonchev–Trinajstić information content (AvgIpc) is 2.52. The topological polar surface area (TPSA) is 41.7 Å². The number of rotatable bonds is 7. The number of piperazine rings is 1. The van der Waals surface area contributed by atoms with E-state index >= 15 is 0 Å². The number of hydrogen-bond acceptors (Lipinski definition) is 4. The first-order valence-corrected chi connectivity index (χ1v) is 7.59. The molecule has 4 nitrogen and oxygen atoms in total. The van der Waals surface area contributed by atoms with Crippen molar-refractivity contribution in [3.8, 4) is 5.75 Å². The molecule has 1 saturated heterocycles. The minimum atomic E-state index is 0.803. The molecule has 0 aliphatic carbocycles. The second-order valence-corrected chi connectivity index (χ2v) is 5.42. The quantitative estimate of drug-likeness (QED) is 0.813. The van der Waals surface area contributed by atoms with Crippen molar-refractivity contribution in [2.24, 2.45) is 5.73 Å². The van der Waals surface area contributed by atoms with E-state index in [1.54, 1.807) is 7.11 Å². The van der Waals surface area contributed by atoms with Crippen LogP contribution in [-0.2, 0) is 6.42 Å². The molecule has 0 atom stereocenters. The first kappa shape index (κ1) is 15.3. The Morgan fingerprint density at radius 2 is 1.60 bits per heavy atom. The van der Waals surface area contributed by atoms with Crippen LogP contribution in [-0.4, -0.2) is 62.7 Å². The Bertz CT molecular complexity index is 372. The van der Waals surface area contributed by atoms with Crippen LogP contribution in [0.2, 0.25) is 0 Å². The molecule has 1 heterocycles. The Morgan fingerprint density at radius 3 is 2.15 bits per heavy atom. The zero-order valence-electron chi connectivity index (χ0n) is 12.6. The zero-order chi connectivity index (χ0) is 14.2. The summed E-state index contributed by atoms with van der Waals surface area (Å²) in [6.07, 6.45) is 2.23. The third-order valence-corrected chi connectivity index (χ3v) is 4.02. The van der Waals surface area contributed by atoms with Crippen molar-refractivity contribution in [2.45, 2.75) is 12.8 Å². The molecule has 1 aromatic rings. The maximum atomic E-state index is 5.56. The van der Waals surface area contributed by atoms with Gasteiger partial charge in [0.15, 0.2) is 0 Å². The van der Waals surface area contributed by atoms with E-state index in [0.29, 0.717) is 0 Å². The molecule has 0 radical (unpaired) electrons. The molecular formula is C16H27N3O. The molecule has 0 saturated carbocycles. The van der Waals surface area contributed by atoms with Crippen molar-refractivity contribution >= 4 is 0 Å². The predicted molar refractivity (Wildman–Crippen MR) is 83.2 cm³/mol. The lowest BCUT2D eigenvalue weighted by Gasteiger charge is -2.34. The van der Waals surface area contributed by atoms with E-state index in [1.807, 2.05) is 12.1 Å². The van der Waals surface area contributed by atoms with E-state index in [-0.39, 0.29) is 0 Å². The van der Waals surface area contributed by atoms with Crippen LogP contribution in [0, 0.1) is 0 Å². The number of nitrogens with zero attached hydrogens (tertiary/aromatic N) is 2. The summed E-state index contributed by atoms with van der Waals surface area (Å²) in [6.45, 7) is 7.84. The second kappa shape index (κ2) is 8.25. The van der Waals surface area contributed by atoms with E-state index in [1.165, 1.54) is 31.7 Å². The summed E-state index contributed by atoms with van der Waals surface area (Å²) in [6, 6.07) is 8.41. The van der Waals surface area contributed by atoms with Crippen LogP contribution < -0.4 is 10.5 Å². The van der Waals surface area contributed by atoms with Gasteiger partial charge in [-0.1, -0.05) is 12.1 Å². The highest BCUT2D eigenvalue weighted by Gasteiger charge is 2.15. The molecule has 112 valence electrons. The van der Waals surface area contributed by atoms with Crippen LogP contribution >= 0.6 is 0 Å². The fraction of sp³-hybridized carbons (Fsp3) is 0.625. The van der Waals surface area contributed by atoms with Crippen molar-refractivity contribution in [3.63, 3.8) is 0 Å². The normalized spacial score (nSPS) is 17.3. The fourth-order valence-electron chi connectivity index (χ4n) is 2.63. The molecule has 1 aliphatic heterocycles. The van der Waals surface area contributed by atoms with Gasteiger partial charge in [-0.05, 0) is 43.6 Å². The maximum absolute atomic E-state index is 5.56. The first-order valence-electron chi connectivity index (χ1n) is 7.59. The molecule has 0 amide bonds. The lowest BCUT2D eigenvalue weighted by Crippen LogP contribution is -2.47. The molecule has 0 bridgehead atoms. The number of hydrogen-bond donors (Lipinski definition) is 1. The van der Waals surface area contributed by atoms with Gasteiger partial charge >= 0.3 is 0 Å². The molecular weight excluding hydrogens is 250 g/mol. The highest BCUT2D eigenvalue weighted by atomic mass is 16.5. The van der Waals surface area contributed by atoms with Gasteiger partial charge in [0, 0.05) is 32.7 Å². The SMILES string of the molecule is COc1ccc(CCN2CCN(CCCN)CC2)cc1. The molecule has 0 spiro atoms. The lowest BCUT2D eigenvalue weighted by atomic mass is 10.1. The average molecular weight is 277 g/mol. The van der Waals surface area contributed by atoms with Gasteiger partial charge < -0.3 is 20.3 Å². The largest absolute Gasteiger partial charge is 0.497 e. The number of methoxy groups -OCH3 is 1. The Balaban J connectivity index is 1.67. The van der Waals surface area contributed by atoms with Gasteiger partial charge in [0.25, 0.3) is 0 Å². The third kappa shape index (κ3) is 4.78. The van der Waals surface area contributed by atoms with Gasteiger partial charge in [0.2, 0.25) is 0 Å². The summed E-state index contributed by atoms with van der Waals surface area (Å²) < 4.78 is 5.18. The Kier molecular flexibility index (Phi) is 6.30. The monoisotopic (exact) mass is 277 g/mol. The Morgan fingerprint density at radius 1 is 1.00 bits per heavy atom. The third-order valence-electron chi connectivity index (χ3n) is 4.02. The Hall–Kier alpha value is -1.10. The Labute approximate surface area is 122 Å². The van der Waals surface area contributed by atoms with Gasteiger partial charge in [-0.15, -0.1) is 0 Å². The van der Waals surface area contributed by atoms with Crippen LogP contribution in [0.1, 0.15) is 12.0 Å². The van der Waals surface area contributed by atoms with Crippen LogP contribution in [0.25, 0.3) is 0 Å². The molecule has 1 fully saturated rings. The molecule has 1 aliphatic rings. The summed E-state index contributed by atoms with van der Waals surface area (Å²) in [5, 5.41) is 0. The van der Waals surface area contributed by atoms with Crippen LogP contribution in [0.4, 0.5) is 0 Å². The molecule has 1 aromatic carbocycles. The fourth-order valence-corrected chi connectivity index (χ4v) is 2.63. The summed E-state index contributed by atoms with van der Waals surface area (Å²) in [7, 11) is 1.71. The molecule has 2 rings (SSSR count). The van der Waals surface area contributed by atoms with Crippen molar-refractivity contribution < 1.29 is 4.74 Å². The van der Waals surface area contributed by atoms with Crippen LogP contribution in [0.15, 0.2) is 24.3 Å². The standard InChI is InChI=1S/C16H27N3O/c1-20-16-5-3-15(4-6-16)7-10-19-13-11-18(12-14-19)9-2-8-17/h3-6H,2,7-14,17H2,1H3. The van der Waals surface area contributed by atoms with Crippen molar-refractivity contribution in [3.05, 3.63) is 29.8 Å². The summed E-state index contributed by atoms with van der Waals surface area (Å²) in [5.41, 5.74) is 6.95. The first-order chi connectivity index (χ1) is 9.81. The van der Waals surface area contributed by atoms with Crippen molar-refractivity contribution in [1.29, 1.82) is 0 Å². The predicted octanol–water partition coefficient (Wildman–Crippen LogP) is 1.20. The van der Waals surface area contributed by atoms with E-state index in [4.69, 9.17) is 10.5 Å². The van der Waals surface area contributed by atoms with E-state index < -0.39 is 0 Å². The second-order valence-electron chi connectivity index (χ2n) is 5.42. The van der Waals surface area contributed by atoms with Gasteiger partial charge in [0.05, 0.1) is 7.11 Å². The molecule has 4 heteroatoms. The van der Waals surface area contributed by atoms with E-state index in [2.05, 4.69) is 21.9 Å². The van der Waals surface area contributed by atoms with Gasteiger partial charge in [-0.2, -0.15) is 0 Å². The summed E-state index contributed by atoms with van der Waals surface area (Å²) in [5.74, 6) is 0.933. The number of benzene rings is 1. The number of ether oxygens (including phenoxy) is 1. The van der Waals surface area contributed by atoms with E-state index in [9.17, 15) is 0 Å². The summed E-state index contributed by atoms with van der Waals surface area (Å²) >= 11 is 0. The molecule has 20 heavy (non-hydrogen) atoms. The van der Waals surface area contributed by atoms with Crippen LogP contribution in [0.5, 0.6) is 5.75 Å². The zero-order valence-corrected chi connectivity index (χ0v) is 12.6. The minimum absolute atomic E-state index is 0.803. The van der Waals surface area contributed by atoms with Gasteiger partial charge in [-0.3, -0.25) is 0 Å². The van der Waals surface area contributed by atoms with Crippen molar-refractivity contribution in [2.75, 3.05) is 52.9 Å². The summed E-state index contributed by atoms with van der Waals surface area (Å²) in [4.78, 5) is 5.08. The molecule has 2 N–H and O–H groups in total. The molecule has 0 unspecified atom stereocenters. The lowest BCUT2D eigenvalue weighted by molar-refractivity contribution is 0.133. The highest BCUT2D eigenvalue weighted by molar-refractivity contribution is 5.27.